The van der Waals surface area contributed by atoms with Crippen LogP contribution >= 0.6 is 0 Å². The number of aromatic nitrogens is 3. The van der Waals surface area contributed by atoms with Crippen molar-refractivity contribution in [1.82, 2.24) is 25.6 Å². The fraction of sp³-hybridized carbons (Fsp3) is 0.727. The van der Waals surface area contributed by atoms with Crippen molar-refractivity contribution in [3.05, 3.63) is 11.9 Å². The molecule has 0 fully saturated rings. The Morgan fingerprint density at radius 3 is 2.88 bits per heavy atom. The average molecular weight is 239 g/mol. The quantitative estimate of drug-likeness (QED) is 0.670. The van der Waals surface area contributed by atoms with E-state index in [1.807, 2.05) is 7.05 Å². The molecule has 6 heteroatoms. The van der Waals surface area contributed by atoms with Gasteiger partial charge in [0.15, 0.2) is 5.69 Å². The molecule has 1 heterocycles. The van der Waals surface area contributed by atoms with Gasteiger partial charge in [-0.2, -0.15) is 0 Å². The van der Waals surface area contributed by atoms with Crippen molar-refractivity contribution in [3.8, 4) is 0 Å². The molecule has 1 aromatic rings. The summed E-state index contributed by atoms with van der Waals surface area (Å²) < 4.78 is 1.72. The molecule has 0 saturated heterocycles. The standard InChI is InChI=1S/C11H21N5O/c1-9(2)4-7-16-8-10(14-15-16)11(17)13-6-5-12-3/h8-9,12H,4-7H2,1-3H3,(H,13,17). The van der Waals surface area contributed by atoms with E-state index in [-0.39, 0.29) is 5.91 Å². The molecule has 0 atom stereocenters. The van der Waals surface area contributed by atoms with Crippen LogP contribution in [0.15, 0.2) is 6.20 Å². The summed E-state index contributed by atoms with van der Waals surface area (Å²) in [7, 11) is 1.84. The number of nitrogens with zero attached hydrogens (tertiary/aromatic N) is 3. The number of likely N-dealkylation sites (N-methyl/N-ethyl adjacent to an activating group) is 1. The molecule has 1 aromatic heterocycles. The molecule has 1 amide bonds. The first-order valence-electron chi connectivity index (χ1n) is 5.96. The van der Waals surface area contributed by atoms with E-state index in [9.17, 15) is 4.79 Å². The molecule has 0 saturated carbocycles. The maximum Gasteiger partial charge on any atom is 0.273 e. The first kappa shape index (κ1) is 13.6. The SMILES string of the molecule is CNCCNC(=O)c1cn(CCC(C)C)nn1. The summed E-state index contributed by atoms with van der Waals surface area (Å²) in [6, 6.07) is 0. The smallest absolute Gasteiger partial charge is 0.273 e. The summed E-state index contributed by atoms with van der Waals surface area (Å²) in [6.07, 6.45) is 2.72. The molecule has 17 heavy (non-hydrogen) atoms. The lowest BCUT2D eigenvalue weighted by Crippen LogP contribution is -2.30. The Morgan fingerprint density at radius 2 is 2.24 bits per heavy atom. The number of rotatable bonds is 7. The zero-order valence-corrected chi connectivity index (χ0v) is 10.7. The minimum atomic E-state index is -0.170. The zero-order valence-electron chi connectivity index (χ0n) is 10.7. The molecule has 1 rings (SSSR count). The van der Waals surface area contributed by atoms with Crippen LogP contribution in [0.1, 0.15) is 30.8 Å². The van der Waals surface area contributed by atoms with Crippen LogP contribution in [0.2, 0.25) is 0 Å². The Hall–Kier alpha value is -1.43. The molecular formula is C11H21N5O. The molecule has 6 nitrogen and oxygen atoms in total. The monoisotopic (exact) mass is 239 g/mol. The van der Waals surface area contributed by atoms with Crippen LogP contribution in [-0.2, 0) is 6.54 Å². The van der Waals surface area contributed by atoms with Crippen molar-refractivity contribution in [1.29, 1.82) is 0 Å². The van der Waals surface area contributed by atoms with Crippen LogP contribution in [-0.4, -0.2) is 41.0 Å². The lowest BCUT2D eigenvalue weighted by Gasteiger charge is -2.03. The molecule has 0 aliphatic heterocycles. The number of carbonyl (C=O) groups is 1. The highest BCUT2D eigenvalue weighted by Gasteiger charge is 2.09. The fourth-order valence-electron chi connectivity index (χ4n) is 1.29. The maximum absolute atomic E-state index is 11.6. The first-order valence-corrected chi connectivity index (χ1v) is 5.96. The molecular weight excluding hydrogens is 218 g/mol. The number of hydrogen-bond donors (Lipinski definition) is 2. The number of carbonyl (C=O) groups excluding carboxylic acids is 1. The van der Waals surface area contributed by atoms with Gasteiger partial charge in [-0.05, 0) is 19.4 Å². The van der Waals surface area contributed by atoms with E-state index in [0.717, 1.165) is 19.5 Å². The van der Waals surface area contributed by atoms with E-state index in [2.05, 4.69) is 34.8 Å². The summed E-state index contributed by atoms with van der Waals surface area (Å²) in [6.45, 7) is 6.44. The molecule has 0 aliphatic rings. The van der Waals surface area contributed by atoms with E-state index < -0.39 is 0 Å². The van der Waals surface area contributed by atoms with E-state index >= 15 is 0 Å². The Balaban J connectivity index is 2.41. The third kappa shape index (κ3) is 4.95. The van der Waals surface area contributed by atoms with Gasteiger partial charge >= 0.3 is 0 Å². The molecule has 0 bridgehead atoms. The number of nitrogens with one attached hydrogen (secondary N) is 2. The molecule has 2 N–H and O–H groups in total. The van der Waals surface area contributed by atoms with Crippen molar-refractivity contribution in [3.63, 3.8) is 0 Å². The lowest BCUT2D eigenvalue weighted by atomic mass is 10.1. The second-order valence-electron chi connectivity index (χ2n) is 4.41. The summed E-state index contributed by atoms with van der Waals surface area (Å²) in [4.78, 5) is 11.6. The van der Waals surface area contributed by atoms with Gasteiger partial charge < -0.3 is 10.6 Å². The van der Waals surface area contributed by atoms with Gasteiger partial charge in [-0.25, -0.2) is 0 Å². The van der Waals surface area contributed by atoms with Crippen LogP contribution in [0.5, 0.6) is 0 Å². The van der Waals surface area contributed by atoms with Crippen molar-refractivity contribution < 1.29 is 4.79 Å². The van der Waals surface area contributed by atoms with E-state index in [1.54, 1.807) is 10.9 Å². The first-order chi connectivity index (χ1) is 8.13. The molecule has 96 valence electrons. The van der Waals surface area contributed by atoms with Gasteiger partial charge in [-0.3, -0.25) is 9.48 Å². The van der Waals surface area contributed by atoms with E-state index in [0.29, 0.717) is 18.2 Å². The normalized spacial score (nSPS) is 10.8. The predicted molar refractivity (Wildman–Crippen MR) is 65.7 cm³/mol. The highest BCUT2D eigenvalue weighted by Crippen LogP contribution is 2.02. The predicted octanol–water partition coefficient (Wildman–Crippen LogP) is 0.273. The van der Waals surface area contributed by atoms with Crippen LogP contribution in [0.25, 0.3) is 0 Å². The Labute approximate surface area is 102 Å². The van der Waals surface area contributed by atoms with Gasteiger partial charge in [0.1, 0.15) is 0 Å². The highest BCUT2D eigenvalue weighted by molar-refractivity contribution is 5.91. The minimum Gasteiger partial charge on any atom is -0.349 e. The van der Waals surface area contributed by atoms with Gasteiger partial charge in [-0.15, -0.1) is 5.10 Å². The number of aryl methyl sites for hydroxylation is 1. The molecule has 0 aromatic carbocycles. The molecule has 0 aliphatic carbocycles. The fourth-order valence-corrected chi connectivity index (χ4v) is 1.29. The van der Waals surface area contributed by atoms with Crippen molar-refractivity contribution in [2.75, 3.05) is 20.1 Å². The largest absolute Gasteiger partial charge is 0.349 e. The van der Waals surface area contributed by atoms with E-state index in [1.165, 1.54) is 0 Å². The molecule has 0 spiro atoms. The van der Waals surface area contributed by atoms with Crippen molar-refractivity contribution >= 4 is 5.91 Å². The van der Waals surface area contributed by atoms with Gasteiger partial charge in [0.05, 0.1) is 6.20 Å². The van der Waals surface area contributed by atoms with Crippen LogP contribution in [0.3, 0.4) is 0 Å². The molecule has 0 radical (unpaired) electrons. The Bertz CT molecular complexity index is 347. The van der Waals surface area contributed by atoms with Crippen molar-refractivity contribution in [2.24, 2.45) is 5.92 Å². The number of hydrogen-bond acceptors (Lipinski definition) is 4. The van der Waals surface area contributed by atoms with Gasteiger partial charge in [0, 0.05) is 19.6 Å². The third-order valence-corrected chi connectivity index (χ3v) is 2.37. The third-order valence-electron chi connectivity index (χ3n) is 2.37. The maximum atomic E-state index is 11.6. The zero-order chi connectivity index (χ0) is 12.7. The highest BCUT2D eigenvalue weighted by atomic mass is 16.2. The summed E-state index contributed by atoms with van der Waals surface area (Å²) in [5.41, 5.74) is 0.379. The van der Waals surface area contributed by atoms with Gasteiger partial charge in [-0.1, -0.05) is 19.1 Å². The second-order valence-corrected chi connectivity index (χ2v) is 4.41. The topological polar surface area (TPSA) is 71.8 Å². The summed E-state index contributed by atoms with van der Waals surface area (Å²) in [5.74, 6) is 0.447. The van der Waals surface area contributed by atoms with E-state index in [4.69, 9.17) is 0 Å². The van der Waals surface area contributed by atoms with Crippen molar-refractivity contribution in [2.45, 2.75) is 26.8 Å². The summed E-state index contributed by atoms with van der Waals surface area (Å²) in [5, 5.41) is 13.5. The Kier molecular flexibility index (Phi) is 5.62. The van der Waals surface area contributed by atoms with Gasteiger partial charge in [0.25, 0.3) is 5.91 Å². The second kappa shape index (κ2) is 7.01. The lowest BCUT2D eigenvalue weighted by molar-refractivity contribution is 0.0949. The molecule has 0 unspecified atom stereocenters. The van der Waals surface area contributed by atoms with Crippen LogP contribution in [0.4, 0.5) is 0 Å². The Morgan fingerprint density at radius 1 is 1.47 bits per heavy atom. The minimum absolute atomic E-state index is 0.170. The number of amides is 1. The van der Waals surface area contributed by atoms with Gasteiger partial charge in [0.2, 0.25) is 0 Å². The van der Waals surface area contributed by atoms with Crippen LogP contribution in [0, 0.1) is 5.92 Å². The van der Waals surface area contributed by atoms with Crippen LogP contribution < -0.4 is 10.6 Å². The average Bonchev–Trinajstić information content (AvgIpc) is 2.75. The summed E-state index contributed by atoms with van der Waals surface area (Å²) >= 11 is 0.